The Balaban J connectivity index is 1.65. The number of ether oxygens (including phenoxy) is 1. The summed E-state index contributed by atoms with van der Waals surface area (Å²) in [5.41, 5.74) is 2.71. The molecule has 5 nitrogen and oxygen atoms in total. The summed E-state index contributed by atoms with van der Waals surface area (Å²) in [7, 11) is 2.12. The third-order valence-electron chi connectivity index (χ3n) is 4.46. The zero-order chi connectivity index (χ0) is 17.1. The lowest BCUT2D eigenvalue weighted by atomic mass is 9.91. The molecular formula is C18H19ClN2O3. The molecule has 0 radical (unpaired) electrons. The molecule has 0 saturated carbocycles. The van der Waals surface area contributed by atoms with Gasteiger partial charge in [-0.3, -0.25) is 15.0 Å². The Labute approximate surface area is 146 Å². The summed E-state index contributed by atoms with van der Waals surface area (Å²) in [6.45, 7) is 1.53. The summed E-state index contributed by atoms with van der Waals surface area (Å²) in [6, 6.07) is 13.1. The second kappa shape index (κ2) is 7.20. The molecule has 0 spiro atoms. The molecule has 0 N–H and O–H groups in total. The summed E-state index contributed by atoms with van der Waals surface area (Å²) < 4.78 is 5.76. The van der Waals surface area contributed by atoms with Gasteiger partial charge in [0.2, 0.25) is 0 Å². The number of hydrogen-bond acceptors (Lipinski definition) is 4. The highest BCUT2D eigenvalue weighted by atomic mass is 35.5. The lowest BCUT2D eigenvalue weighted by molar-refractivity contribution is -0.384. The number of benzene rings is 2. The number of fused-ring (bicyclic) bond motifs is 1. The van der Waals surface area contributed by atoms with Crippen molar-refractivity contribution >= 4 is 17.3 Å². The lowest BCUT2D eigenvalue weighted by Crippen LogP contribution is -2.33. The molecule has 1 heterocycles. The molecular weight excluding hydrogens is 328 g/mol. The summed E-state index contributed by atoms with van der Waals surface area (Å²) >= 11 is 6.06. The van der Waals surface area contributed by atoms with Crippen LogP contribution in [-0.4, -0.2) is 30.0 Å². The third-order valence-corrected chi connectivity index (χ3v) is 4.75. The molecule has 3 rings (SSSR count). The van der Waals surface area contributed by atoms with Gasteiger partial charge in [0, 0.05) is 31.1 Å². The second-order valence-electron chi connectivity index (χ2n) is 5.95. The average Bonchev–Trinajstić information content (AvgIpc) is 2.58. The van der Waals surface area contributed by atoms with Gasteiger partial charge in [0.05, 0.1) is 16.6 Å². The summed E-state index contributed by atoms with van der Waals surface area (Å²) in [5, 5.41) is 11.0. The van der Waals surface area contributed by atoms with Crippen molar-refractivity contribution in [2.24, 2.45) is 0 Å². The van der Waals surface area contributed by atoms with Crippen molar-refractivity contribution in [3.05, 3.63) is 68.7 Å². The molecule has 0 bridgehead atoms. The number of likely N-dealkylation sites (N-methyl/N-ethyl adjacent to an activating group) is 1. The monoisotopic (exact) mass is 346 g/mol. The SMILES string of the molecule is CN1CCc2ccccc2C1CCOc1ccc([N+](=O)[O-])cc1Cl. The fourth-order valence-corrected chi connectivity index (χ4v) is 3.38. The number of nitro groups is 1. The van der Waals surface area contributed by atoms with E-state index in [1.54, 1.807) is 6.07 Å². The first-order valence-corrected chi connectivity index (χ1v) is 8.29. The predicted octanol–water partition coefficient (Wildman–Crippen LogP) is 4.25. The van der Waals surface area contributed by atoms with Gasteiger partial charge in [0.25, 0.3) is 5.69 Å². The first kappa shape index (κ1) is 16.7. The number of non-ortho nitro benzene ring substituents is 1. The van der Waals surface area contributed by atoms with Crippen LogP contribution in [0, 0.1) is 10.1 Å². The van der Waals surface area contributed by atoms with E-state index in [0.717, 1.165) is 19.4 Å². The van der Waals surface area contributed by atoms with Crippen molar-refractivity contribution in [2.75, 3.05) is 20.2 Å². The maximum atomic E-state index is 10.7. The standard InChI is InChI=1S/C18H19ClN2O3/c1-20-10-8-13-4-2-3-5-15(13)17(20)9-11-24-18-7-6-14(21(22)23)12-16(18)19/h2-7,12,17H,8-11H2,1H3. The van der Waals surface area contributed by atoms with Crippen LogP contribution in [-0.2, 0) is 6.42 Å². The normalized spacial score (nSPS) is 17.3. The minimum atomic E-state index is -0.469. The van der Waals surface area contributed by atoms with Crippen LogP contribution in [0.5, 0.6) is 5.75 Å². The maximum absolute atomic E-state index is 10.7. The van der Waals surface area contributed by atoms with Gasteiger partial charge in [-0.2, -0.15) is 0 Å². The van der Waals surface area contributed by atoms with Crippen molar-refractivity contribution in [3.8, 4) is 5.75 Å². The van der Waals surface area contributed by atoms with E-state index in [1.165, 1.54) is 23.3 Å². The number of hydrogen-bond donors (Lipinski definition) is 0. The van der Waals surface area contributed by atoms with E-state index in [-0.39, 0.29) is 10.7 Å². The largest absolute Gasteiger partial charge is 0.492 e. The smallest absolute Gasteiger partial charge is 0.271 e. The molecule has 6 heteroatoms. The molecule has 1 unspecified atom stereocenters. The minimum absolute atomic E-state index is 0.0340. The highest BCUT2D eigenvalue weighted by Gasteiger charge is 2.24. The molecule has 0 saturated heterocycles. The highest BCUT2D eigenvalue weighted by Crippen LogP contribution is 2.32. The fraction of sp³-hybridized carbons (Fsp3) is 0.333. The van der Waals surface area contributed by atoms with E-state index in [0.29, 0.717) is 18.4 Å². The van der Waals surface area contributed by atoms with Crippen LogP contribution in [0.3, 0.4) is 0 Å². The molecule has 126 valence electrons. The first-order valence-electron chi connectivity index (χ1n) is 7.91. The van der Waals surface area contributed by atoms with Gasteiger partial charge < -0.3 is 4.74 Å². The molecule has 0 aliphatic carbocycles. The molecule has 24 heavy (non-hydrogen) atoms. The quantitative estimate of drug-likeness (QED) is 0.600. The van der Waals surface area contributed by atoms with Crippen LogP contribution in [0.25, 0.3) is 0 Å². The maximum Gasteiger partial charge on any atom is 0.271 e. The predicted molar refractivity (Wildman–Crippen MR) is 93.7 cm³/mol. The Morgan fingerprint density at radius 1 is 1.33 bits per heavy atom. The van der Waals surface area contributed by atoms with Gasteiger partial charge in [-0.1, -0.05) is 35.9 Å². The zero-order valence-electron chi connectivity index (χ0n) is 13.4. The molecule has 1 aliphatic rings. The van der Waals surface area contributed by atoms with Crippen molar-refractivity contribution in [1.82, 2.24) is 4.90 Å². The van der Waals surface area contributed by atoms with Crippen LogP contribution >= 0.6 is 11.6 Å². The van der Waals surface area contributed by atoms with Gasteiger partial charge >= 0.3 is 0 Å². The first-order chi connectivity index (χ1) is 11.6. The van der Waals surface area contributed by atoms with E-state index in [2.05, 4.69) is 36.2 Å². The highest BCUT2D eigenvalue weighted by molar-refractivity contribution is 6.32. The van der Waals surface area contributed by atoms with Gasteiger partial charge in [0.15, 0.2) is 0 Å². The van der Waals surface area contributed by atoms with Crippen LogP contribution in [0.1, 0.15) is 23.6 Å². The van der Waals surface area contributed by atoms with Crippen LogP contribution in [0.15, 0.2) is 42.5 Å². The minimum Gasteiger partial charge on any atom is -0.492 e. The zero-order valence-corrected chi connectivity index (χ0v) is 14.2. The van der Waals surface area contributed by atoms with Crippen molar-refractivity contribution in [1.29, 1.82) is 0 Å². The van der Waals surface area contributed by atoms with Crippen molar-refractivity contribution in [3.63, 3.8) is 0 Å². The Hall–Kier alpha value is -2.11. The molecule has 1 aliphatic heterocycles. The van der Waals surface area contributed by atoms with E-state index < -0.39 is 4.92 Å². The van der Waals surface area contributed by atoms with Gasteiger partial charge in [-0.25, -0.2) is 0 Å². The summed E-state index contributed by atoms with van der Waals surface area (Å²) in [6.07, 6.45) is 1.90. The fourth-order valence-electron chi connectivity index (χ4n) is 3.15. The van der Waals surface area contributed by atoms with Crippen LogP contribution in [0.4, 0.5) is 5.69 Å². The number of rotatable bonds is 5. The third kappa shape index (κ3) is 3.52. The molecule has 1 atom stereocenters. The van der Waals surface area contributed by atoms with Crippen molar-refractivity contribution in [2.45, 2.75) is 18.9 Å². The molecule has 0 aromatic heterocycles. The van der Waals surface area contributed by atoms with E-state index in [1.807, 2.05) is 0 Å². The van der Waals surface area contributed by atoms with Gasteiger partial charge in [-0.15, -0.1) is 0 Å². The number of nitro benzene ring substituents is 1. The Bertz CT molecular complexity index is 751. The lowest BCUT2D eigenvalue weighted by Gasteiger charge is -2.34. The average molecular weight is 347 g/mol. The second-order valence-corrected chi connectivity index (χ2v) is 6.36. The Kier molecular flexibility index (Phi) is 5.02. The van der Waals surface area contributed by atoms with Crippen LogP contribution < -0.4 is 4.74 Å². The number of nitrogens with zero attached hydrogens (tertiary/aromatic N) is 2. The Morgan fingerprint density at radius 3 is 2.88 bits per heavy atom. The van der Waals surface area contributed by atoms with E-state index >= 15 is 0 Å². The summed E-state index contributed by atoms with van der Waals surface area (Å²) in [5.74, 6) is 0.481. The molecule has 0 amide bonds. The number of halogens is 1. The van der Waals surface area contributed by atoms with Crippen molar-refractivity contribution < 1.29 is 9.66 Å². The summed E-state index contributed by atoms with van der Waals surface area (Å²) in [4.78, 5) is 12.6. The molecule has 0 fully saturated rings. The van der Waals surface area contributed by atoms with Crippen LogP contribution in [0.2, 0.25) is 5.02 Å². The van der Waals surface area contributed by atoms with Gasteiger partial charge in [0.1, 0.15) is 5.75 Å². The van der Waals surface area contributed by atoms with E-state index in [4.69, 9.17) is 16.3 Å². The molecule has 2 aromatic carbocycles. The topological polar surface area (TPSA) is 55.6 Å². The Morgan fingerprint density at radius 2 is 2.12 bits per heavy atom. The molecule has 2 aromatic rings. The van der Waals surface area contributed by atoms with Gasteiger partial charge in [-0.05, 0) is 30.7 Å². The van der Waals surface area contributed by atoms with E-state index in [9.17, 15) is 10.1 Å².